The first kappa shape index (κ1) is 19.2. The highest BCUT2D eigenvalue weighted by atomic mass is 16.5. The third-order valence-corrected chi connectivity index (χ3v) is 4.83. The van der Waals surface area contributed by atoms with Gasteiger partial charge in [0.05, 0.1) is 6.54 Å². The zero-order chi connectivity index (χ0) is 19.2. The van der Waals surface area contributed by atoms with Crippen molar-refractivity contribution in [3.63, 3.8) is 0 Å². The zero-order valence-corrected chi connectivity index (χ0v) is 16.3. The van der Waals surface area contributed by atoms with Gasteiger partial charge in [0.2, 0.25) is 0 Å². The average molecular weight is 369 g/mol. The molecule has 5 nitrogen and oxygen atoms in total. The van der Waals surface area contributed by atoms with E-state index in [0.717, 1.165) is 35.3 Å². The largest absolute Gasteiger partial charge is 0.491 e. The van der Waals surface area contributed by atoms with Crippen LogP contribution >= 0.6 is 0 Å². The van der Waals surface area contributed by atoms with Crippen LogP contribution in [-0.2, 0) is 13.1 Å². The van der Waals surface area contributed by atoms with E-state index in [0.29, 0.717) is 12.5 Å². The summed E-state index contributed by atoms with van der Waals surface area (Å²) in [6, 6.07) is 16.0. The van der Waals surface area contributed by atoms with E-state index in [1.54, 1.807) is 0 Å². The molecule has 0 spiro atoms. The van der Waals surface area contributed by atoms with Crippen LogP contribution in [0.5, 0.6) is 5.75 Å². The van der Waals surface area contributed by atoms with Gasteiger partial charge in [0.25, 0.3) is 0 Å². The molecule has 5 heteroatoms. The molecule has 2 aromatic carbocycles. The van der Waals surface area contributed by atoms with E-state index in [1.165, 1.54) is 12.8 Å². The zero-order valence-electron chi connectivity index (χ0n) is 16.3. The molecular weight excluding hydrogens is 338 g/mol. The number of benzene rings is 2. The Morgan fingerprint density at radius 1 is 1.15 bits per heavy atom. The van der Waals surface area contributed by atoms with Crippen LogP contribution in [-0.4, -0.2) is 22.4 Å². The van der Waals surface area contributed by atoms with Crippen LogP contribution in [0.3, 0.4) is 0 Å². The maximum atomic E-state index is 10.5. The van der Waals surface area contributed by atoms with Crippen LogP contribution in [0.25, 0.3) is 11.0 Å². The number of nitrogens with two attached hydrogens (primary N) is 1. The Balaban J connectivity index is 1.74. The van der Waals surface area contributed by atoms with Crippen LogP contribution in [0.1, 0.15) is 31.7 Å². The normalized spacial score (nSPS) is 12.4. The molecule has 0 saturated heterocycles. The number of hydrogen-bond acceptors (Lipinski definition) is 3. The molecule has 0 radical (unpaired) electrons. The van der Waals surface area contributed by atoms with E-state index >= 15 is 0 Å². The van der Waals surface area contributed by atoms with E-state index in [1.807, 2.05) is 47.9 Å². The second-order valence-electron chi connectivity index (χ2n) is 7.10. The molecule has 0 amide bonds. The van der Waals surface area contributed by atoms with Crippen molar-refractivity contribution in [1.82, 2.24) is 4.57 Å². The highest BCUT2D eigenvalue weighted by Crippen LogP contribution is 2.18. The van der Waals surface area contributed by atoms with Gasteiger partial charge in [-0.3, -0.25) is 5.73 Å². The summed E-state index contributed by atoms with van der Waals surface area (Å²) >= 11 is 0. The van der Waals surface area contributed by atoms with E-state index in [4.69, 9.17) is 10.5 Å². The molecule has 144 valence electrons. The van der Waals surface area contributed by atoms with Crippen LogP contribution in [0.15, 0.2) is 48.5 Å². The number of aryl methyl sites for hydroxylation is 2. The number of ether oxygens (including phenoxy) is 1. The first-order valence-electron chi connectivity index (χ1n) is 9.74. The highest BCUT2D eigenvalue weighted by molar-refractivity contribution is 5.73. The lowest BCUT2D eigenvalue weighted by atomic mass is 10.2. The van der Waals surface area contributed by atoms with E-state index in [9.17, 15) is 5.11 Å². The third kappa shape index (κ3) is 4.61. The number of fused-ring (bicyclic) bond motifs is 1. The number of nitrogen functional groups attached to an aromatic ring is 1. The van der Waals surface area contributed by atoms with Crippen LogP contribution in [0, 0.1) is 6.92 Å². The van der Waals surface area contributed by atoms with E-state index in [-0.39, 0.29) is 6.61 Å². The topological polar surface area (TPSA) is 64.3 Å². The Morgan fingerprint density at radius 3 is 2.74 bits per heavy atom. The third-order valence-electron chi connectivity index (χ3n) is 4.83. The molecule has 3 N–H and O–H groups in total. The molecule has 1 atom stereocenters. The Bertz CT molecular complexity index is 888. The van der Waals surface area contributed by atoms with Crippen LogP contribution in [0.2, 0.25) is 0 Å². The molecule has 27 heavy (non-hydrogen) atoms. The molecule has 0 aliphatic carbocycles. The van der Waals surface area contributed by atoms with Gasteiger partial charge < -0.3 is 9.84 Å². The van der Waals surface area contributed by atoms with Crippen molar-refractivity contribution < 1.29 is 14.4 Å². The Labute approximate surface area is 161 Å². The number of imidazole rings is 1. The van der Waals surface area contributed by atoms with Crippen molar-refractivity contribution in [2.45, 2.75) is 52.3 Å². The summed E-state index contributed by atoms with van der Waals surface area (Å²) in [5, 5.41) is 10.5. The fraction of sp³-hybridized carbons (Fsp3) is 0.409. The number of aliphatic hydroxyl groups is 1. The summed E-state index contributed by atoms with van der Waals surface area (Å²) in [6.07, 6.45) is 2.80. The molecule has 1 aromatic heterocycles. The minimum Gasteiger partial charge on any atom is -0.491 e. The fourth-order valence-electron chi connectivity index (χ4n) is 3.42. The van der Waals surface area contributed by atoms with Gasteiger partial charge in [0.1, 0.15) is 36.0 Å². The first-order chi connectivity index (χ1) is 13.1. The second-order valence-corrected chi connectivity index (χ2v) is 7.10. The van der Waals surface area contributed by atoms with Gasteiger partial charge in [-0.05, 0) is 43.2 Å². The lowest BCUT2D eigenvalue weighted by molar-refractivity contribution is -0.665. The summed E-state index contributed by atoms with van der Waals surface area (Å²) < 4.78 is 9.89. The van der Waals surface area contributed by atoms with Gasteiger partial charge in [0, 0.05) is 0 Å². The minimum absolute atomic E-state index is 0.227. The number of anilines is 1. The fourth-order valence-corrected chi connectivity index (χ4v) is 3.42. The quantitative estimate of drug-likeness (QED) is 0.449. The number of aliphatic hydroxyl groups excluding tert-OH is 1. The SMILES string of the molecule is CCCCCn1c(N)[n+](CC(O)COc2cccc(C)c2)c2ccccc21. The molecular formula is C22H30N3O2+. The van der Waals surface area contributed by atoms with Crippen LogP contribution < -0.4 is 15.0 Å². The highest BCUT2D eigenvalue weighted by Gasteiger charge is 2.22. The molecule has 1 heterocycles. The number of rotatable bonds is 9. The van der Waals surface area contributed by atoms with Crippen molar-refractivity contribution >= 4 is 17.0 Å². The van der Waals surface area contributed by atoms with Crippen LogP contribution in [0.4, 0.5) is 5.95 Å². The van der Waals surface area contributed by atoms with E-state index < -0.39 is 6.10 Å². The van der Waals surface area contributed by atoms with Gasteiger partial charge in [0.15, 0.2) is 0 Å². The van der Waals surface area contributed by atoms with Crippen molar-refractivity contribution in [3.8, 4) is 5.75 Å². The van der Waals surface area contributed by atoms with Crippen molar-refractivity contribution in [1.29, 1.82) is 0 Å². The molecule has 0 saturated carbocycles. The smallest absolute Gasteiger partial charge is 0.356 e. The maximum absolute atomic E-state index is 10.5. The minimum atomic E-state index is -0.646. The molecule has 3 aromatic rings. The molecule has 0 aliphatic rings. The van der Waals surface area contributed by atoms with Crippen molar-refractivity contribution in [2.24, 2.45) is 0 Å². The Kier molecular flexibility index (Phi) is 6.35. The lowest BCUT2D eigenvalue weighted by Crippen LogP contribution is -2.43. The standard InChI is InChI=1S/C22H29N3O2/c1-3-4-7-13-24-20-11-5-6-12-21(20)25(22(24)23)15-18(26)16-27-19-10-8-9-17(2)14-19/h5-6,8-12,14,18,23,26H,3-4,7,13,15-16H2,1-2H3/p+1. The molecule has 0 aliphatic heterocycles. The second kappa shape index (κ2) is 8.91. The summed E-state index contributed by atoms with van der Waals surface area (Å²) in [4.78, 5) is 0. The predicted octanol–water partition coefficient (Wildman–Crippen LogP) is 3.45. The molecule has 1 unspecified atom stereocenters. The van der Waals surface area contributed by atoms with Gasteiger partial charge in [-0.15, -0.1) is 0 Å². The predicted molar refractivity (Wildman–Crippen MR) is 109 cm³/mol. The number of hydrogen-bond donors (Lipinski definition) is 2. The Hall–Kier alpha value is -2.53. The Morgan fingerprint density at radius 2 is 1.96 bits per heavy atom. The van der Waals surface area contributed by atoms with Crippen molar-refractivity contribution in [3.05, 3.63) is 54.1 Å². The number of nitrogens with zero attached hydrogens (tertiary/aromatic N) is 2. The molecule has 3 rings (SSSR count). The van der Waals surface area contributed by atoms with E-state index in [2.05, 4.69) is 23.6 Å². The maximum Gasteiger partial charge on any atom is 0.356 e. The molecule has 0 fully saturated rings. The van der Waals surface area contributed by atoms with Gasteiger partial charge >= 0.3 is 5.95 Å². The summed E-state index contributed by atoms with van der Waals surface area (Å²) in [5.74, 6) is 1.45. The molecule has 0 bridgehead atoms. The van der Waals surface area contributed by atoms with Crippen molar-refractivity contribution in [2.75, 3.05) is 12.3 Å². The number of para-hydroxylation sites is 2. The van der Waals surface area contributed by atoms with Gasteiger partial charge in [-0.2, -0.15) is 0 Å². The number of aromatic nitrogens is 2. The number of unbranched alkanes of at least 4 members (excludes halogenated alkanes) is 2. The summed E-state index contributed by atoms with van der Waals surface area (Å²) in [7, 11) is 0. The van der Waals surface area contributed by atoms with Gasteiger partial charge in [-0.1, -0.05) is 44.0 Å². The summed E-state index contributed by atoms with van der Waals surface area (Å²) in [5.41, 5.74) is 9.73. The van der Waals surface area contributed by atoms with Gasteiger partial charge in [-0.25, -0.2) is 9.13 Å². The monoisotopic (exact) mass is 368 g/mol. The average Bonchev–Trinajstić information content (AvgIpc) is 2.92. The lowest BCUT2D eigenvalue weighted by Gasteiger charge is -2.12. The first-order valence-corrected chi connectivity index (χ1v) is 9.74. The summed E-state index contributed by atoms with van der Waals surface area (Å²) in [6.45, 7) is 5.74.